The number of aliphatic hydroxyl groups is 1. The standard InChI is InChI=1S/C17H21NO3/c1-13-9-18(17-7-3-2-6-16(13)17)10-14(19)11-20-12-15-5-4-8-21-15/h2-8,13-14,19H,9-12H2,1H3. The molecule has 0 bridgehead atoms. The molecule has 0 fully saturated rings. The van der Waals surface area contributed by atoms with Gasteiger partial charge in [-0.15, -0.1) is 0 Å². The van der Waals surface area contributed by atoms with Crippen LogP contribution in [0.25, 0.3) is 0 Å². The number of benzene rings is 1. The van der Waals surface area contributed by atoms with Crippen molar-refractivity contribution in [2.75, 3.05) is 24.6 Å². The normalized spacial score (nSPS) is 18.8. The monoisotopic (exact) mass is 287 g/mol. The van der Waals surface area contributed by atoms with Gasteiger partial charge in [0.15, 0.2) is 0 Å². The first-order chi connectivity index (χ1) is 10.2. The van der Waals surface area contributed by atoms with Crippen LogP contribution in [0, 0.1) is 0 Å². The molecule has 0 radical (unpaired) electrons. The quantitative estimate of drug-likeness (QED) is 0.887. The number of hydrogen-bond donors (Lipinski definition) is 1. The zero-order valence-corrected chi connectivity index (χ0v) is 12.2. The Labute approximate surface area is 124 Å². The molecule has 1 aliphatic heterocycles. The minimum Gasteiger partial charge on any atom is -0.467 e. The second kappa shape index (κ2) is 6.33. The Morgan fingerprint density at radius 3 is 3.00 bits per heavy atom. The van der Waals surface area contributed by atoms with E-state index in [1.165, 1.54) is 11.3 Å². The summed E-state index contributed by atoms with van der Waals surface area (Å²) in [6.07, 6.45) is 1.12. The Kier molecular flexibility index (Phi) is 4.27. The van der Waals surface area contributed by atoms with Gasteiger partial charge in [0.05, 0.1) is 19.0 Å². The molecule has 1 aliphatic rings. The highest BCUT2D eigenvalue weighted by Crippen LogP contribution is 2.35. The van der Waals surface area contributed by atoms with E-state index in [0.717, 1.165) is 12.3 Å². The first kappa shape index (κ1) is 14.2. The lowest BCUT2D eigenvalue weighted by Crippen LogP contribution is -2.34. The third-order valence-electron chi connectivity index (χ3n) is 3.87. The van der Waals surface area contributed by atoms with E-state index >= 15 is 0 Å². The van der Waals surface area contributed by atoms with Gasteiger partial charge in [0.2, 0.25) is 0 Å². The van der Waals surface area contributed by atoms with Crippen molar-refractivity contribution in [3.8, 4) is 0 Å². The van der Waals surface area contributed by atoms with E-state index in [1.807, 2.05) is 18.2 Å². The van der Waals surface area contributed by atoms with E-state index in [2.05, 4.69) is 30.0 Å². The van der Waals surface area contributed by atoms with Gasteiger partial charge in [0.1, 0.15) is 12.4 Å². The van der Waals surface area contributed by atoms with Crippen LogP contribution in [0.2, 0.25) is 0 Å². The molecule has 2 heterocycles. The molecule has 0 saturated heterocycles. The Balaban J connectivity index is 1.50. The maximum absolute atomic E-state index is 10.2. The van der Waals surface area contributed by atoms with Gasteiger partial charge < -0.3 is 19.2 Å². The average molecular weight is 287 g/mol. The molecule has 3 rings (SSSR count). The molecular formula is C17H21NO3. The molecule has 1 aromatic carbocycles. The largest absolute Gasteiger partial charge is 0.467 e. The first-order valence-electron chi connectivity index (χ1n) is 7.36. The number of aliphatic hydroxyl groups excluding tert-OH is 1. The van der Waals surface area contributed by atoms with Gasteiger partial charge in [-0.2, -0.15) is 0 Å². The second-order valence-corrected chi connectivity index (χ2v) is 5.61. The molecule has 1 N–H and O–H groups in total. The van der Waals surface area contributed by atoms with Crippen molar-refractivity contribution in [1.82, 2.24) is 0 Å². The van der Waals surface area contributed by atoms with Crippen LogP contribution < -0.4 is 4.90 Å². The lowest BCUT2D eigenvalue weighted by Gasteiger charge is -2.23. The van der Waals surface area contributed by atoms with Crippen LogP contribution in [-0.4, -0.2) is 30.9 Å². The van der Waals surface area contributed by atoms with Crippen LogP contribution in [0.3, 0.4) is 0 Å². The van der Waals surface area contributed by atoms with Crippen molar-refractivity contribution >= 4 is 5.69 Å². The number of nitrogens with zero attached hydrogens (tertiary/aromatic N) is 1. The fourth-order valence-electron chi connectivity index (χ4n) is 2.89. The van der Waals surface area contributed by atoms with Crippen LogP contribution in [-0.2, 0) is 11.3 Å². The summed E-state index contributed by atoms with van der Waals surface area (Å²) in [6, 6.07) is 12.1. The second-order valence-electron chi connectivity index (χ2n) is 5.61. The summed E-state index contributed by atoms with van der Waals surface area (Å²) in [6.45, 7) is 4.48. The number of rotatable bonds is 6. The number of hydrogen-bond acceptors (Lipinski definition) is 4. The molecule has 112 valence electrons. The maximum Gasteiger partial charge on any atom is 0.129 e. The summed E-state index contributed by atoms with van der Waals surface area (Å²) < 4.78 is 10.7. The van der Waals surface area contributed by atoms with Crippen LogP contribution in [0.15, 0.2) is 47.1 Å². The zero-order valence-electron chi connectivity index (χ0n) is 12.2. The number of ether oxygens (including phenoxy) is 1. The highest BCUT2D eigenvalue weighted by Gasteiger charge is 2.26. The summed E-state index contributed by atoms with van der Waals surface area (Å²) in [5.41, 5.74) is 2.59. The summed E-state index contributed by atoms with van der Waals surface area (Å²) >= 11 is 0. The van der Waals surface area contributed by atoms with Gasteiger partial charge >= 0.3 is 0 Å². The molecule has 0 spiro atoms. The van der Waals surface area contributed by atoms with Crippen LogP contribution in [0.1, 0.15) is 24.2 Å². The predicted octanol–water partition coefficient (Wildman–Crippen LogP) is 2.78. The molecule has 2 aromatic rings. The molecular weight excluding hydrogens is 266 g/mol. The van der Waals surface area contributed by atoms with Crippen molar-refractivity contribution in [1.29, 1.82) is 0 Å². The van der Waals surface area contributed by atoms with E-state index in [-0.39, 0.29) is 0 Å². The number of para-hydroxylation sites is 1. The van der Waals surface area contributed by atoms with Crippen molar-refractivity contribution in [2.24, 2.45) is 0 Å². The maximum atomic E-state index is 10.2. The first-order valence-corrected chi connectivity index (χ1v) is 7.36. The molecule has 2 unspecified atom stereocenters. The zero-order chi connectivity index (χ0) is 14.7. The molecule has 1 aromatic heterocycles. The van der Waals surface area contributed by atoms with Crippen molar-refractivity contribution in [3.63, 3.8) is 0 Å². The average Bonchev–Trinajstić information content (AvgIpc) is 3.09. The Morgan fingerprint density at radius 1 is 1.33 bits per heavy atom. The highest BCUT2D eigenvalue weighted by atomic mass is 16.5. The SMILES string of the molecule is CC1CN(CC(O)COCc2ccco2)c2ccccc21. The van der Waals surface area contributed by atoms with E-state index < -0.39 is 6.10 Å². The van der Waals surface area contributed by atoms with Gasteiger partial charge in [0, 0.05) is 24.7 Å². The Morgan fingerprint density at radius 2 is 2.19 bits per heavy atom. The van der Waals surface area contributed by atoms with E-state index in [1.54, 1.807) is 6.26 Å². The van der Waals surface area contributed by atoms with Gasteiger partial charge in [-0.25, -0.2) is 0 Å². The Hall–Kier alpha value is -1.78. The van der Waals surface area contributed by atoms with E-state index in [0.29, 0.717) is 25.7 Å². The molecule has 0 aliphatic carbocycles. The summed E-state index contributed by atoms with van der Waals surface area (Å²) in [4.78, 5) is 2.24. The van der Waals surface area contributed by atoms with Gasteiger partial charge in [-0.1, -0.05) is 25.1 Å². The van der Waals surface area contributed by atoms with Crippen LogP contribution in [0.5, 0.6) is 0 Å². The lowest BCUT2D eigenvalue weighted by molar-refractivity contribution is 0.0257. The topological polar surface area (TPSA) is 45.8 Å². The fourth-order valence-corrected chi connectivity index (χ4v) is 2.89. The highest BCUT2D eigenvalue weighted by molar-refractivity contribution is 5.59. The smallest absolute Gasteiger partial charge is 0.129 e. The third-order valence-corrected chi connectivity index (χ3v) is 3.87. The molecule has 4 heteroatoms. The molecule has 21 heavy (non-hydrogen) atoms. The van der Waals surface area contributed by atoms with Crippen molar-refractivity contribution < 1.29 is 14.3 Å². The minimum absolute atomic E-state index is 0.313. The van der Waals surface area contributed by atoms with E-state index in [4.69, 9.17) is 9.15 Å². The Bertz CT molecular complexity index is 567. The summed E-state index contributed by atoms with van der Waals surface area (Å²) in [5.74, 6) is 1.29. The summed E-state index contributed by atoms with van der Waals surface area (Å²) in [7, 11) is 0. The van der Waals surface area contributed by atoms with E-state index in [9.17, 15) is 5.11 Å². The van der Waals surface area contributed by atoms with Gasteiger partial charge in [0.25, 0.3) is 0 Å². The van der Waals surface area contributed by atoms with Crippen molar-refractivity contribution in [3.05, 3.63) is 54.0 Å². The lowest BCUT2D eigenvalue weighted by atomic mass is 10.0. The van der Waals surface area contributed by atoms with Gasteiger partial charge in [-0.3, -0.25) is 0 Å². The number of fused-ring (bicyclic) bond motifs is 1. The molecule has 0 saturated carbocycles. The molecule has 4 nitrogen and oxygen atoms in total. The predicted molar refractivity (Wildman–Crippen MR) is 81.4 cm³/mol. The van der Waals surface area contributed by atoms with Crippen molar-refractivity contribution in [2.45, 2.75) is 25.6 Å². The van der Waals surface area contributed by atoms with Crippen LogP contribution in [0.4, 0.5) is 5.69 Å². The van der Waals surface area contributed by atoms with Gasteiger partial charge in [-0.05, 0) is 23.8 Å². The number of anilines is 1. The summed E-state index contributed by atoms with van der Waals surface area (Å²) in [5, 5.41) is 10.2. The third kappa shape index (κ3) is 3.28. The molecule has 2 atom stereocenters. The fraction of sp³-hybridized carbons (Fsp3) is 0.412. The van der Waals surface area contributed by atoms with Crippen LogP contribution >= 0.6 is 0 Å². The minimum atomic E-state index is -0.502. The number of furan rings is 1. The molecule has 0 amide bonds. The number of β-amino-alcohol motifs (C(OH)–C–C–N with tert-alkyl or cyclic N) is 1.